The molecular weight excluding hydrogens is 433 g/mol. The van der Waals surface area contributed by atoms with E-state index in [1.807, 2.05) is 0 Å². The van der Waals surface area contributed by atoms with Crippen molar-refractivity contribution in [1.82, 2.24) is 0 Å². The molecule has 0 bridgehead atoms. The Morgan fingerprint density at radius 1 is 0.885 bits per heavy atom. The minimum absolute atomic E-state index is 0.178. The molecule has 26 heavy (non-hydrogen) atoms. The number of amides is 1. The van der Waals surface area contributed by atoms with Gasteiger partial charge in [0.25, 0.3) is 0 Å². The van der Waals surface area contributed by atoms with Gasteiger partial charge in [0.15, 0.2) is 0 Å². The van der Waals surface area contributed by atoms with Gasteiger partial charge in [-0.25, -0.2) is 4.79 Å². The van der Waals surface area contributed by atoms with E-state index in [1.165, 1.54) is 57.6 Å². The molecule has 1 rings (SSSR count). The van der Waals surface area contributed by atoms with E-state index < -0.39 is 25.7 Å². The molecule has 1 aromatic carbocycles. The number of hydrogen-bond donors (Lipinski definition) is 2. The zero-order valence-corrected chi connectivity index (χ0v) is 19.8. The molecular formula is C21H36NO3Sn. The molecule has 0 spiro atoms. The van der Waals surface area contributed by atoms with Crippen molar-refractivity contribution in [2.75, 3.05) is 5.32 Å². The number of carboxylic acids is 1. The molecule has 0 unspecified atom stereocenters. The molecule has 0 aromatic heterocycles. The van der Waals surface area contributed by atoms with E-state index in [2.05, 4.69) is 26.1 Å². The molecule has 1 amide bonds. The van der Waals surface area contributed by atoms with Crippen LogP contribution in [-0.2, 0) is 4.79 Å². The predicted octanol–water partition coefficient (Wildman–Crippen LogP) is 6.22. The first-order valence-corrected chi connectivity index (χ1v) is 15.9. The summed E-state index contributed by atoms with van der Waals surface area (Å²) in [5, 5.41) is 11.1. The molecule has 0 heterocycles. The Morgan fingerprint density at radius 3 is 1.62 bits per heavy atom. The third kappa shape index (κ3) is 13.2. The number of anilines is 1. The summed E-state index contributed by atoms with van der Waals surface area (Å²) in [6.45, 7) is 8.40. The first-order chi connectivity index (χ1) is 12.4. The van der Waals surface area contributed by atoms with Crippen molar-refractivity contribution in [2.24, 2.45) is 0 Å². The molecule has 4 nitrogen and oxygen atoms in total. The van der Waals surface area contributed by atoms with Gasteiger partial charge in [-0.05, 0) is 24.3 Å². The molecule has 5 heteroatoms. The van der Waals surface area contributed by atoms with Crippen molar-refractivity contribution in [1.29, 1.82) is 0 Å². The minimum atomic E-state index is -0.977. The van der Waals surface area contributed by atoms with Crippen LogP contribution < -0.4 is 5.32 Å². The van der Waals surface area contributed by atoms with Gasteiger partial charge in [-0.2, -0.15) is 0 Å². The number of nitrogens with one attached hydrogen (secondary N) is 1. The monoisotopic (exact) mass is 470 g/mol. The number of benzene rings is 1. The molecule has 0 aliphatic rings. The molecule has 0 atom stereocenters. The standard InChI is InChI=1S/C9H9NO3.3C4H9.Sn/c1-6(11)10-8-4-2-7(3-5-8)9(12)13;3*1-3-4-2;/h2-5H,1H3,(H,10,11)(H,12,13);3*1,3-4H2,2H3;. The zero-order chi connectivity index (χ0) is 19.8. The van der Waals surface area contributed by atoms with Gasteiger partial charge in [-0.15, -0.1) is 0 Å². The van der Waals surface area contributed by atoms with Crippen LogP contribution in [0.4, 0.5) is 5.69 Å². The third-order valence-electron chi connectivity index (χ3n) is 4.10. The number of carbonyl (C=O) groups is 2. The molecule has 1 aromatic rings. The first-order valence-electron chi connectivity index (χ1n) is 9.89. The van der Waals surface area contributed by atoms with Crippen molar-refractivity contribution >= 4 is 37.3 Å². The molecule has 2 N–H and O–H groups in total. The second-order valence-electron chi connectivity index (χ2n) is 6.62. The third-order valence-corrected chi connectivity index (χ3v) is 13.2. The average molecular weight is 469 g/mol. The SMILES string of the molecule is CC(=O)Nc1ccc(C(=O)O)cc1.CCC[CH2][Sn]([CH2]CCC)[CH2]CCC. The van der Waals surface area contributed by atoms with Crippen LogP contribution in [-0.4, -0.2) is 36.7 Å². The number of aromatic carboxylic acids is 1. The van der Waals surface area contributed by atoms with Crippen molar-refractivity contribution in [2.45, 2.75) is 79.5 Å². The summed E-state index contributed by atoms with van der Waals surface area (Å²) in [5.41, 5.74) is 0.798. The number of rotatable bonds is 11. The second kappa shape index (κ2) is 16.2. The molecule has 0 saturated carbocycles. The Balaban J connectivity index is 0.000000481. The number of unbranched alkanes of at least 4 members (excludes halogenated alkanes) is 3. The van der Waals surface area contributed by atoms with Gasteiger partial charge in [0, 0.05) is 12.6 Å². The van der Waals surface area contributed by atoms with Crippen LogP contribution in [0.25, 0.3) is 0 Å². The maximum absolute atomic E-state index is 10.6. The molecule has 0 aliphatic carbocycles. The van der Waals surface area contributed by atoms with Gasteiger partial charge in [-0.3, -0.25) is 4.79 Å². The molecule has 0 aliphatic heterocycles. The van der Waals surface area contributed by atoms with Gasteiger partial charge in [0.1, 0.15) is 0 Å². The Labute approximate surface area is 166 Å². The van der Waals surface area contributed by atoms with E-state index in [-0.39, 0.29) is 11.5 Å². The van der Waals surface area contributed by atoms with Crippen LogP contribution in [0.1, 0.15) is 76.6 Å². The number of hydrogen-bond acceptors (Lipinski definition) is 2. The summed E-state index contributed by atoms with van der Waals surface area (Å²) in [6.07, 6.45) is 8.85. The Kier molecular flexibility index (Phi) is 15.5. The van der Waals surface area contributed by atoms with E-state index in [0.717, 1.165) is 0 Å². The van der Waals surface area contributed by atoms with Crippen LogP contribution >= 0.6 is 0 Å². The van der Waals surface area contributed by atoms with Crippen LogP contribution in [0.15, 0.2) is 24.3 Å². The summed E-state index contributed by atoms with van der Waals surface area (Å²) in [6, 6.07) is 5.97. The predicted molar refractivity (Wildman–Crippen MR) is 113 cm³/mol. The van der Waals surface area contributed by atoms with Crippen LogP contribution in [0.2, 0.25) is 13.3 Å². The van der Waals surface area contributed by atoms with E-state index in [1.54, 1.807) is 25.4 Å². The van der Waals surface area contributed by atoms with Crippen LogP contribution in [0, 0.1) is 0 Å². The van der Waals surface area contributed by atoms with E-state index in [4.69, 9.17) is 5.11 Å². The Hall–Kier alpha value is -1.04. The molecule has 1 radical (unpaired) electrons. The summed E-state index contributed by atoms with van der Waals surface area (Å²) >= 11 is -0.839. The fourth-order valence-corrected chi connectivity index (χ4v) is 12.0. The van der Waals surface area contributed by atoms with Gasteiger partial charge < -0.3 is 10.4 Å². The summed E-state index contributed by atoms with van der Waals surface area (Å²) in [5.74, 6) is -1.16. The fraction of sp³-hybridized carbons (Fsp3) is 0.619. The molecule has 0 fully saturated rings. The van der Waals surface area contributed by atoms with E-state index >= 15 is 0 Å². The summed E-state index contributed by atoms with van der Waals surface area (Å²) in [7, 11) is 0. The normalized spacial score (nSPS) is 10.2. The Morgan fingerprint density at radius 2 is 1.31 bits per heavy atom. The number of carboxylic acid groups (broad SMARTS) is 1. The van der Waals surface area contributed by atoms with Crippen molar-refractivity contribution < 1.29 is 14.7 Å². The van der Waals surface area contributed by atoms with Gasteiger partial charge in [0.2, 0.25) is 5.91 Å². The fourth-order valence-electron chi connectivity index (χ4n) is 2.55. The first kappa shape index (κ1) is 25.0. The van der Waals surface area contributed by atoms with Crippen molar-refractivity contribution in [3.05, 3.63) is 29.8 Å². The topological polar surface area (TPSA) is 66.4 Å². The average Bonchev–Trinajstić information content (AvgIpc) is 2.61. The van der Waals surface area contributed by atoms with Crippen molar-refractivity contribution in [3.63, 3.8) is 0 Å². The summed E-state index contributed by atoms with van der Waals surface area (Å²) < 4.78 is 5.04. The van der Waals surface area contributed by atoms with E-state index in [9.17, 15) is 9.59 Å². The maximum atomic E-state index is 10.6. The van der Waals surface area contributed by atoms with Crippen LogP contribution in [0.5, 0.6) is 0 Å². The quantitative estimate of drug-likeness (QED) is 0.378. The zero-order valence-electron chi connectivity index (χ0n) is 16.9. The molecule has 147 valence electrons. The van der Waals surface area contributed by atoms with Gasteiger partial charge in [-0.1, -0.05) is 0 Å². The van der Waals surface area contributed by atoms with Crippen molar-refractivity contribution in [3.8, 4) is 0 Å². The van der Waals surface area contributed by atoms with Gasteiger partial charge in [0.05, 0.1) is 5.56 Å². The number of carbonyl (C=O) groups excluding carboxylic acids is 1. The molecule has 0 saturated heterocycles. The Bertz CT molecular complexity index is 483. The second-order valence-corrected chi connectivity index (χ2v) is 15.2. The van der Waals surface area contributed by atoms with E-state index in [0.29, 0.717) is 5.69 Å². The van der Waals surface area contributed by atoms with Crippen LogP contribution in [0.3, 0.4) is 0 Å². The van der Waals surface area contributed by atoms with Gasteiger partial charge >= 0.3 is 98.3 Å². The summed E-state index contributed by atoms with van der Waals surface area (Å²) in [4.78, 5) is 21.1.